The van der Waals surface area contributed by atoms with Gasteiger partial charge in [-0.05, 0) is 40.4 Å². The number of carbonyl (C=O) groups is 3. The van der Waals surface area contributed by atoms with Gasteiger partial charge in [-0.15, -0.1) is 0 Å². The first kappa shape index (κ1) is 22.0. The lowest BCUT2D eigenvalue weighted by Gasteiger charge is -2.27. The second-order valence-electron chi connectivity index (χ2n) is 7.20. The van der Waals surface area contributed by atoms with E-state index < -0.39 is 32.9 Å². The number of likely N-dealkylation sites (N-methyl/N-ethyl adjacent to an activating group) is 1. The van der Waals surface area contributed by atoms with Crippen molar-refractivity contribution < 1.29 is 23.9 Å². The molecule has 1 aromatic rings. The van der Waals surface area contributed by atoms with Gasteiger partial charge in [0.25, 0.3) is 11.8 Å². The molecule has 1 atom stereocenters. The van der Waals surface area contributed by atoms with E-state index in [1.54, 1.807) is 41.1 Å². The summed E-state index contributed by atoms with van der Waals surface area (Å²) in [5.74, 6) is -0.156. The van der Waals surface area contributed by atoms with Gasteiger partial charge >= 0.3 is 6.09 Å². The third-order valence-corrected chi connectivity index (χ3v) is 8.10. The third kappa shape index (κ3) is 4.99. The van der Waals surface area contributed by atoms with Crippen molar-refractivity contribution >= 4 is 65.6 Å². The van der Waals surface area contributed by atoms with Crippen molar-refractivity contribution in [2.75, 3.05) is 49.7 Å². The fraction of sp³-hybridized carbons (Fsp3) is 0.333. The summed E-state index contributed by atoms with van der Waals surface area (Å²) < 4.78 is 13.3. The molecular weight excluding hydrogens is 537 g/mol. The van der Waals surface area contributed by atoms with Crippen LogP contribution in [0.25, 0.3) is 0 Å². The van der Waals surface area contributed by atoms with Gasteiger partial charge in [0.05, 0.1) is 23.3 Å². The lowest BCUT2D eigenvalue weighted by atomic mass is 10.2. The van der Waals surface area contributed by atoms with Crippen molar-refractivity contribution in [3.05, 3.63) is 45.0 Å². The molecule has 3 amide bonds. The SMILES string of the molecule is CN(C[C@H]1CN(c2ccc(N3CCOCC3=O)cc2)C(=O)O1)C(=O)C1=CC=C(Cl)C=I1. The third-order valence-electron chi connectivity index (χ3n) is 5.03. The number of hydrogen-bond donors (Lipinski definition) is 0. The molecule has 0 N–H and O–H groups in total. The minimum Gasteiger partial charge on any atom is -0.442 e. The monoisotopic (exact) mass is 557 g/mol. The van der Waals surface area contributed by atoms with Gasteiger partial charge in [-0.25, -0.2) is 4.79 Å². The second kappa shape index (κ2) is 9.49. The van der Waals surface area contributed by atoms with Gasteiger partial charge in [-0.1, -0.05) is 32.3 Å². The number of rotatable bonds is 5. The summed E-state index contributed by atoms with van der Waals surface area (Å²) in [5.41, 5.74) is 1.45. The molecule has 3 heterocycles. The van der Waals surface area contributed by atoms with Crippen LogP contribution in [0.3, 0.4) is 0 Å². The summed E-state index contributed by atoms with van der Waals surface area (Å²) in [4.78, 5) is 41.8. The highest BCUT2D eigenvalue weighted by atomic mass is 127. The van der Waals surface area contributed by atoms with Crippen LogP contribution in [0.4, 0.5) is 16.2 Å². The van der Waals surface area contributed by atoms with E-state index in [-0.39, 0.29) is 18.4 Å². The molecule has 8 nitrogen and oxygen atoms in total. The van der Waals surface area contributed by atoms with Crippen LogP contribution < -0.4 is 9.80 Å². The number of ether oxygens (including phenoxy) is 2. The molecule has 0 bridgehead atoms. The zero-order valence-electron chi connectivity index (χ0n) is 16.8. The minimum atomic E-state index is -0.561. The standard InChI is InChI=1S/C21H21ClIN3O5/c1-24(20(28)18-7-2-14(22)10-23-18)11-17-12-26(21(29)31-17)16-5-3-15(4-6-16)25-8-9-30-13-19(25)27/h2-7,10,17H,8-9,11-13H2,1H3/t17-/m0/s1. The van der Waals surface area contributed by atoms with Crippen LogP contribution in [-0.4, -0.2) is 72.8 Å². The number of morpholine rings is 1. The Morgan fingerprint density at radius 2 is 1.90 bits per heavy atom. The van der Waals surface area contributed by atoms with Crippen molar-refractivity contribution in [1.82, 2.24) is 4.90 Å². The topological polar surface area (TPSA) is 79.4 Å². The molecule has 10 heteroatoms. The summed E-state index contributed by atoms with van der Waals surface area (Å²) in [6, 6.07) is 7.20. The first-order valence-corrected chi connectivity index (χ1v) is 12.4. The second-order valence-corrected chi connectivity index (χ2v) is 10.0. The highest BCUT2D eigenvalue weighted by Gasteiger charge is 2.34. The minimum absolute atomic E-state index is 0.0708. The normalized spacial score (nSPS) is 21.3. The molecule has 0 spiro atoms. The highest BCUT2D eigenvalue weighted by molar-refractivity contribution is 14.2. The zero-order chi connectivity index (χ0) is 22.0. The van der Waals surface area contributed by atoms with E-state index in [1.165, 1.54) is 4.90 Å². The van der Waals surface area contributed by atoms with E-state index in [9.17, 15) is 14.4 Å². The predicted octanol–water partition coefficient (Wildman–Crippen LogP) is 2.63. The Kier molecular flexibility index (Phi) is 6.73. The highest BCUT2D eigenvalue weighted by Crippen LogP contribution is 2.27. The largest absolute Gasteiger partial charge is 0.442 e. The summed E-state index contributed by atoms with van der Waals surface area (Å²) >= 11 is 5.37. The van der Waals surface area contributed by atoms with Crippen LogP contribution in [0.1, 0.15) is 0 Å². The van der Waals surface area contributed by atoms with E-state index in [0.717, 1.165) is 9.27 Å². The van der Waals surface area contributed by atoms with Crippen LogP contribution in [-0.2, 0) is 19.1 Å². The number of nitrogens with zero attached hydrogens (tertiary/aromatic N) is 3. The van der Waals surface area contributed by atoms with Crippen LogP contribution in [0, 0.1) is 0 Å². The number of carbonyl (C=O) groups excluding carboxylic acids is 3. The van der Waals surface area contributed by atoms with Gasteiger partial charge in [-0.2, -0.15) is 0 Å². The number of amides is 3. The first-order chi connectivity index (χ1) is 14.9. The number of halogens is 2. The van der Waals surface area contributed by atoms with Gasteiger partial charge in [0.1, 0.15) is 12.7 Å². The van der Waals surface area contributed by atoms with Gasteiger partial charge in [0, 0.05) is 30.0 Å². The molecule has 0 aromatic heterocycles. The average Bonchev–Trinajstić information content (AvgIpc) is 3.14. The van der Waals surface area contributed by atoms with E-state index in [2.05, 4.69) is 0 Å². The molecule has 0 radical (unpaired) electrons. The predicted molar refractivity (Wildman–Crippen MR) is 127 cm³/mol. The van der Waals surface area contributed by atoms with Crippen molar-refractivity contribution in [3.8, 4) is 0 Å². The summed E-state index contributed by atoms with van der Waals surface area (Å²) in [6.07, 6.45) is 2.61. The van der Waals surface area contributed by atoms with Crippen LogP contribution in [0.2, 0.25) is 0 Å². The van der Waals surface area contributed by atoms with Gasteiger partial charge in [-0.3, -0.25) is 14.5 Å². The number of allylic oxidation sites excluding steroid dienone is 3. The molecule has 3 aliphatic rings. The zero-order valence-corrected chi connectivity index (χ0v) is 19.7. The molecular formula is C21H21ClIN3O5. The fourth-order valence-electron chi connectivity index (χ4n) is 3.46. The quantitative estimate of drug-likeness (QED) is 0.520. The maximum absolute atomic E-state index is 12.6. The van der Waals surface area contributed by atoms with Crippen LogP contribution in [0.5, 0.6) is 0 Å². The molecule has 164 valence electrons. The summed E-state index contributed by atoms with van der Waals surface area (Å²) in [7, 11) is 1.71. The molecule has 2 saturated heterocycles. The Morgan fingerprint density at radius 1 is 1.19 bits per heavy atom. The number of anilines is 2. The lowest BCUT2D eigenvalue weighted by Crippen LogP contribution is -2.41. The summed E-state index contributed by atoms with van der Waals surface area (Å²) in [6.45, 7) is 1.73. The van der Waals surface area contributed by atoms with Crippen molar-refractivity contribution in [1.29, 1.82) is 0 Å². The van der Waals surface area contributed by atoms with E-state index in [1.807, 2.05) is 16.1 Å². The van der Waals surface area contributed by atoms with Crippen molar-refractivity contribution in [3.63, 3.8) is 0 Å². The molecule has 3 aliphatic heterocycles. The maximum Gasteiger partial charge on any atom is 0.414 e. The Balaban J connectivity index is 1.37. The number of benzene rings is 1. The molecule has 1 aromatic carbocycles. The Hall–Kier alpha value is -2.24. The molecule has 31 heavy (non-hydrogen) atoms. The molecule has 2 fully saturated rings. The van der Waals surface area contributed by atoms with Gasteiger partial charge < -0.3 is 19.3 Å². The molecule has 0 unspecified atom stereocenters. The van der Waals surface area contributed by atoms with Crippen LogP contribution in [0.15, 0.2) is 45.0 Å². The number of cyclic esters (lactones) is 1. The molecule has 4 rings (SSSR count). The van der Waals surface area contributed by atoms with Gasteiger partial charge in [0.15, 0.2) is 0 Å². The molecule has 0 saturated carbocycles. The van der Waals surface area contributed by atoms with E-state index >= 15 is 0 Å². The van der Waals surface area contributed by atoms with E-state index in [0.29, 0.717) is 37.0 Å². The Labute approximate surface area is 194 Å². The smallest absolute Gasteiger partial charge is 0.414 e. The summed E-state index contributed by atoms with van der Waals surface area (Å²) in [5, 5.41) is 0.663. The van der Waals surface area contributed by atoms with E-state index in [4.69, 9.17) is 21.1 Å². The molecule has 0 aliphatic carbocycles. The average molecular weight is 558 g/mol. The first-order valence-electron chi connectivity index (χ1n) is 9.68. The van der Waals surface area contributed by atoms with Gasteiger partial charge in [0.2, 0.25) is 0 Å². The Morgan fingerprint density at radius 3 is 2.55 bits per heavy atom. The fourth-order valence-corrected chi connectivity index (χ4v) is 5.70. The van der Waals surface area contributed by atoms with Crippen molar-refractivity contribution in [2.24, 2.45) is 0 Å². The maximum atomic E-state index is 12.6. The van der Waals surface area contributed by atoms with Crippen LogP contribution >= 0.6 is 32.3 Å². The lowest BCUT2D eigenvalue weighted by molar-refractivity contribution is -0.126. The number of hydrogen-bond acceptors (Lipinski definition) is 5. The Bertz CT molecular complexity index is 991. The van der Waals surface area contributed by atoms with Crippen molar-refractivity contribution in [2.45, 2.75) is 6.10 Å².